The molecule has 0 fully saturated rings. The first-order valence-corrected chi connectivity index (χ1v) is 6.22. The molecule has 0 bridgehead atoms. The van der Waals surface area contributed by atoms with Gasteiger partial charge in [0.15, 0.2) is 5.75 Å². The summed E-state index contributed by atoms with van der Waals surface area (Å²) < 4.78 is 5.71. The summed E-state index contributed by atoms with van der Waals surface area (Å²) in [6, 6.07) is 9.04. The third-order valence-electron chi connectivity index (χ3n) is 2.72. The second-order valence-corrected chi connectivity index (χ2v) is 4.98. The van der Waals surface area contributed by atoms with Gasteiger partial charge in [-0.25, -0.2) is 0 Å². The Morgan fingerprint density at radius 2 is 1.56 bits per heavy atom. The normalized spacial score (nSPS) is 10.4. The van der Waals surface area contributed by atoms with Crippen molar-refractivity contribution in [2.75, 3.05) is 5.73 Å². The van der Waals surface area contributed by atoms with Gasteiger partial charge in [-0.05, 0) is 49.2 Å². The van der Waals surface area contributed by atoms with Crippen molar-refractivity contribution in [2.24, 2.45) is 0 Å². The Balaban J connectivity index is 2.37. The highest BCUT2D eigenvalue weighted by atomic mass is 35.5. The fraction of sp³-hybridized carbons (Fsp3) is 0.143. The molecule has 0 aliphatic carbocycles. The zero-order valence-electron chi connectivity index (χ0n) is 10.1. The lowest BCUT2D eigenvalue weighted by atomic mass is 10.1. The first-order chi connectivity index (χ1) is 8.47. The maximum Gasteiger partial charge on any atom is 0.164 e. The standard InChI is InChI=1S/C14H13Cl2NO/c1-8-3-4-11(5-9(8)2)18-14-12(15)6-10(17)7-13(14)16/h3-7H,17H2,1-2H3. The molecule has 2 nitrogen and oxygen atoms in total. The van der Waals surface area contributed by atoms with Gasteiger partial charge in [-0.3, -0.25) is 0 Å². The molecule has 0 saturated heterocycles. The summed E-state index contributed by atoms with van der Waals surface area (Å²) in [6.07, 6.45) is 0. The first-order valence-electron chi connectivity index (χ1n) is 5.47. The fourth-order valence-electron chi connectivity index (χ4n) is 1.57. The lowest BCUT2D eigenvalue weighted by Crippen LogP contribution is -1.91. The van der Waals surface area contributed by atoms with Crippen LogP contribution < -0.4 is 10.5 Å². The lowest BCUT2D eigenvalue weighted by molar-refractivity contribution is 0.482. The molecule has 0 amide bonds. The van der Waals surface area contributed by atoms with Crippen LogP contribution >= 0.6 is 23.2 Å². The van der Waals surface area contributed by atoms with Gasteiger partial charge in [0, 0.05) is 5.69 Å². The molecule has 0 atom stereocenters. The minimum Gasteiger partial charge on any atom is -0.454 e. The molecule has 2 aromatic rings. The molecule has 0 saturated carbocycles. The lowest BCUT2D eigenvalue weighted by Gasteiger charge is -2.11. The summed E-state index contributed by atoms with van der Waals surface area (Å²) >= 11 is 12.1. The average Bonchev–Trinajstić information content (AvgIpc) is 2.28. The Morgan fingerprint density at radius 3 is 2.11 bits per heavy atom. The second kappa shape index (κ2) is 5.09. The molecular formula is C14H13Cl2NO. The number of nitrogens with two attached hydrogens (primary N) is 1. The van der Waals surface area contributed by atoms with Gasteiger partial charge in [0.2, 0.25) is 0 Å². The van der Waals surface area contributed by atoms with Gasteiger partial charge in [-0.2, -0.15) is 0 Å². The summed E-state index contributed by atoms with van der Waals surface area (Å²) in [6.45, 7) is 4.07. The Bertz CT molecular complexity index is 573. The predicted octanol–water partition coefficient (Wildman–Crippen LogP) is 4.98. The quantitative estimate of drug-likeness (QED) is 0.788. The van der Waals surface area contributed by atoms with Crippen LogP contribution in [0.15, 0.2) is 30.3 Å². The molecule has 94 valence electrons. The van der Waals surface area contributed by atoms with E-state index in [1.807, 2.05) is 32.0 Å². The van der Waals surface area contributed by atoms with E-state index >= 15 is 0 Å². The highest BCUT2D eigenvalue weighted by Crippen LogP contribution is 2.38. The molecule has 0 aliphatic heterocycles. The molecule has 4 heteroatoms. The van der Waals surface area contributed by atoms with E-state index in [0.717, 1.165) is 5.56 Å². The van der Waals surface area contributed by atoms with E-state index in [1.165, 1.54) is 5.56 Å². The molecule has 0 aromatic heterocycles. The van der Waals surface area contributed by atoms with Crippen LogP contribution in [-0.4, -0.2) is 0 Å². The first kappa shape index (κ1) is 13.1. The van der Waals surface area contributed by atoms with Gasteiger partial charge in [-0.1, -0.05) is 29.3 Å². The van der Waals surface area contributed by atoms with Crippen molar-refractivity contribution in [1.29, 1.82) is 0 Å². The largest absolute Gasteiger partial charge is 0.454 e. The van der Waals surface area contributed by atoms with Crippen LogP contribution in [0.3, 0.4) is 0 Å². The Hall–Kier alpha value is -1.38. The monoisotopic (exact) mass is 281 g/mol. The number of ether oxygens (including phenoxy) is 1. The Morgan fingerprint density at radius 1 is 0.944 bits per heavy atom. The fourth-order valence-corrected chi connectivity index (χ4v) is 2.15. The molecular weight excluding hydrogens is 269 g/mol. The van der Waals surface area contributed by atoms with Crippen molar-refractivity contribution in [3.05, 3.63) is 51.5 Å². The molecule has 2 aromatic carbocycles. The van der Waals surface area contributed by atoms with Crippen molar-refractivity contribution < 1.29 is 4.74 Å². The van der Waals surface area contributed by atoms with E-state index in [0.29, 0.717) is 27.2 Å². The van der Waals surface area contributed by atoms with Crippen molar-refractivity contribution >= 4 is 28.9 Å². The summed E-state index contributed by atoms with van der Waals surface area (Å²) in [4.78, 5) is 0. The SMILES string of the molecule is Cc1ccc(Oc2c(Cl)cc(N)cc2Cl)cc1C. The predicted molar refractivity (Wildman–Crippen MR) is 76.9 cm³/mol. The van der Waals surface area contributed by atoms with E-state index in [9.17, 15) is 0 Å². The zero-order valence-corrected chi connectivity index (χ0v) is 11.6. The Labute approximate surface area is 116 Å². The third-order valence-corrected chi connectivity index (χ3v) is 3.28. The highest BCUT2D eigenvalue weighted by Gasteiger charge is 2.10. The van der Waals surface area contributed by atoms with Crippen LogP contribution in [0.25, 0.3) is 0 Å². The topological polar surface area (TPSA) is 35.2 Å². The second-order valence-electron chi connectivity index (χ2n) is 4.16. The number of rotatable bonds is 2. The van der Waals surface area contributed by atoms with Crippen molar-refractivity contribution in [2.45, 2.75) is 13.8 Å². The smallest absolute Gasteiger partial charge is 0.164 e. The zero-order chi connectivity index (χ0) is 13.3. The number of halogens is 2. The van der Waals surface area contributed by atoms with E-state index in [-0.39, 0.29) is 0 Å². The number of anilines is 1. The van der Waals surface area contributed by atoms with E-state index in [4.69, 9.17) is 33.7 Å². The van der Waals surface area contributed by atoms with Crippen LogP contribution in [0, 0.1) is 13.8 Å². The number of benzene rings is 2. The van der Waals surface area contributed by atoms with Gasteiger partial charge in [0.05, 0.1) is 10.0 Å². The molecule has 2 rings (SSSR count). The average molecular weight is 282 g/mol. The molecule has 0 unspecified atom stereocenters. The van der Waals surface area contributed by atoms with Crippen molar-refractivity contribution in [3.8, 4) is 11.5 Å². The minimum absolute atomic E-state index is 0.401. The van der Waals surface area contributed by atoms with Crippen molar-refractivity contribution in [3.63, 3.8) is 0 Å². The van der Waals surface area contributed by atoms with E-state index < -0.39 is 0 Å². The number of nitrogen functional groups attached to an aromatic ring is 1. The summed E-state index contributed by atoms with van der Waals surface area (Å²) in [5.41, 5.74) is 8.51. The number of hydrogen-bond acceptors (Lipinski definition) is 2. The van der Waals surface area contributed by atoms with Crippen LogP contribution in [0.5, 0.6) is 11.5 Å². The summed E-state index contributed by atoms with van der Waals surface area (Å²) in [5, 5.41) is 0.802. The molecule has 0 heterocycles. The summed E-state index contributed by atoms with van der Waals surface area (Å²) in [7, 11) is 0. The Kier molecular flexibility index (Phi) is 3.69. The van der Waals surface area contributed by atoms with E-state index in [2.05, 4.69) is 0 Å². The van der Waals surface area contributed by atoms with Gasteiger partial charge in [0.1, 0.15) is 5.75 Å². The van der Waals surface area contributed by atoms with Crippen LogP contribution in [-0.2, 0) is 0 Å². The van der Waals surface area contributed by atoms with Crippen molar-refractivity contribution in [1.82, 2.24) is 0 Å². The molecule has 0 aliphatic rings. The maximum atomic E-state index is 6.07. The molecule has 0 radical (unpaired) electrons. The molecule has 2 N–H and O–H groups in total. The van der Waals surface area contributed by atoms with Crippen LogP contribution in [0.1, 0.15) is 11.1 Å². The van der Waals surface area contributed by atoms with Crippen LogP contribution in [0.2, 0.25) is 10.0 Å². The van der Waals surface area contributed by atoms with Gasteiger partial charge in [-0.15, -0.1) is 0 Å². The van der Waals surface area contributed by atoms with Crippen LogP contribution in [0.4, 0.5) is 5.69 Å². The van der Waals surface area contributed by atoms with Gasteiger partial charge in [0.25, 0.3) is 0 Å². The van der Waals surface area contributed by atoms with Gasteiger partial charge >= 0.3 is 0 Å². The minimum atomic E-state index is 0.401. The number of hydrogen-bond donors (Lipinski definition) is 1. The van der Waals surface area contributed by atoms with Gasteiger partial charge < -0.3 is 10.5 Å². The maximum absolute atomic E-state index is 6.07. The highest BCUT2D eigenvalue weighted by molar-refractivity contribution is 6.37. The van der Waals surface area contributed by atoms with E-state index in [1.54, 1.807) is 12.1 Å². The third kappa shape index (κ3) is 2.71. The summed E-state index contributed by atoms with van der Waals surface area (Å²) in [5.74, 6) is 1.13. The molecule has 0 spiro atoms. The number of aryl methyl sites for hydroxylation is 2. The molecule has 18 heavy (non-hydrogen) atoms.